The van der Waals surface area contributed by atoms with Crippen LogP contribution in [0, 0.1) is 5.82 Å². The van der Waals surface area contributed by atoms with Crippen LogP contribution in [0.1, 0.15) is 28.8 Å². The number of morpholine rings is 1. The van der Waals surface area contributed by atoms with Crippen LogP contribution in [-0.4, -0.2) is 82.9 Å². The van der Waals surface area contributed by atoms with Crippen molar-refractivity contribution >= 4 is 40.0 Å². The van der Waals surface area contributed by atoms with E-state index in [4.69, 9.17) is 9.72 Å². The van der Waals surface area contributed by atoms with Crippen LogP contribution in [0.5, 0.6) is 0 Å². The molecule has 2 fully saturated rings. The molecule has 208 valence electrons. The van der Waals surface area contributed by atoms with Gasteiger partial charge in [0.15, 0.2) is 5.78 Å². The third-order valence-corrected chi connectivity index (χ3v) is 7.51. The number of carbonyl (C=O) groups excluding carboxylic acids is 1. The predicted octanol–water partition coefficient (Wildman–Crippen LogP) is 3.73. The molecule has 0 bridgehead atoms. The Balaban J connectivity index is 1.30. The highest BCUT2D eigenvalue weighted by Gasteiger charge is 2.24. The third kappa shape index (κ3) is 5.62. The lowest BCUT2D eigenvalue weighted by Crippen LogP contribution is -2.39. The van der Waals surface area contributed by atoms with E-state index in [0.717, 1.165) is 63.6 Å². The van der Waals surface area contributed by atoms with Crippen molar-refractivity contribution in [1.82, 2.24) is 19.9 Å². The Bertz CT molecular complexity index is 1460. The van der Waals surface area contributed by atoms with E-state index in [1.54, 1.807) is 6.20 Å². The zero-order valence-corrected chi connectivity index (χ0v) is 22.1. The average Bonchev–Trinajstić information content (AvgIpc) is 3.43. The van der Waals surface area contributed by atoms with Gasteiger partial charge in [-0.15, -0.1) is 0 Å². The molecule has 40 heavy (non-hydrogen) atoms. The minimum atomic E-state index is -0.399. The molecule has 2 aromatic heterocycles. The van der Waals surface area contributed by atoms with Crippen molar-refractivity contribution in [2.75, 3.05) is 61.7 Å². The number of aliphatic hydroxyl groups excluding tert-OH is 1. The Labute approximate surface area is 231 Å². The predicted molar refractivity (Wildman–Crippen MR) is 152 cm³/mol. The fourth-order valence-electron chi connectivity index (χ4n) is 5.25. The van der Waals surface area contributed by atoms with E-state index in [0.29, 0.717) is 33.9 Å². The molecule has 0 amide bonds. The van der Waals surface area contributed by atoms with Crippen LogP contribution in [0.4, 0.5) is 27.5 Å². The fourth-order valence-corrected chi connectivity index (χ4v) is 5.25. The number of ketones is 1. The quantitative estimate of drug-likeness (QED) is 0.246. The number of fused-ring (bicyclic) bond motifs is 1. The molecule has 0 unspecified atom stereocenters. The van der Waals surface area contributed by atoms with E-state index >= 15 is 0 Å². The Morgan fingerprint density at radius 2 is 1.75 bits per heavy atom. The summed E-state index contributed by atoms with van der Waals surface area (Å²) < 4.78 is 18.9. The van der Waals surface area contributed by atoms with E-state index in [1.165, 1.54) is 24.3 Å². The van der Waals surface area contributed by atoms with Crippen LogP contribution in [0.15, 0.2) is 54.7 Å². The zero-order chi connectivity index (χ0) is 27.5. The van der Waals surface area contributed by atoms with Crippen molar-refractivity contribution in [3.8, 4) is 0 Å². The van der Waals surface area contributed by atoms with Gasteiger partial charge in [-0.25, -0.2) is 4.39 Å². The Kier molecular flexibility index (Phi) is 7.58. The number of aromatic amines is 1. The highest BCUT2D eigenvalue weighted by molar-refractivity contribution is 6.18. The van der Waals surface area contributed by atoms with Crippen LogP contribution in [0.2, 0.25) is 0 Å². The maximum absolute atomic E-state index is 13.5. The molecule has 11 heteroatoms. The van der Waals surface area contributed by atoms with Gasteiger partial charge in [0.05, 0.1) is 30.9 Å². The van der Waals surface area contributed by atoms with Gasteiger partial charge in [0.2, 0.25) is 5.95 Å². The number of H-pyrrole nitrogens is 1. The number of anilines is 4. The van der Waals surface area contributed by atoms with E-state index in [1.807, 2.05) is 17.0 Å². The second-order valence-electron chi connectivity index (χ2n) is 10.1. The van der Waals surface area contributed by atoms with Gasteiger partial charge in [-0.2, -0.15) is 9.97 Å². The highest BCUT2D eigenvalue weighted by Crippen LogP contribution is 2.30. The molecule has 0 spiro atoms. The molecule has 0 saturated carbocycles. The minimum absolute atomic E-state index is 0.0387. The van der Waals surface area contributed by atoms with Crippen LogP contribution in [0.3, 0.4) is 0 Å². The number of aliphatic hydroxyl groups is 1. The number of benzene rings is 2. The molecule has 0 aliphatic carbocycles. The number of nitrogens with zero attached hydrogens (tertiary/aromatic N) is 4. The lowest BCUT2D eigenvalue weighted by Gasteiger charge is -2.31. The molecule has 6 rings (SSSR count). The standard InChI is InChI=1S/C29H32FN7O3/c30-20-3-1-19(2-4-20)26(39)24-17-31-27-25(24)28(32-22-9-11-36(18-38)12-10-22)35-29(34-27)33-21-5-7-23(8-6-21)37-13-15-40-16-14-37/h1-8,17,22,38H,9-16,18H2,(H3,31,32,33,34,35). The van der Waals surface area contributed by atoms with Gasteiger partial charge >= 0.3 is 0 Å². The lowest BCUT2D eigenvalue weighted by molar-refractivity contribution is 0.0863. The van der Waals surface area contributed by atoms with E-state index in [-0.39, 0.29) is 18.6 Å². The maximum atomic E-state index is 13.5. The summed E-state index contributed by atoms with van der Waals surface area (Å²) in [4.78, 5) is 30.3. The number of halogens is 1. The van der Waals surface area contributed by atoms with Crippen molar-refractivity contribution in [3.05, 3.63) is 71.7 Å². The molecule has 2 aromatic carbocycles. The number of hydrogen-bond donors (Lipinski definition) is 4. The summed E-state index contributed by atoms with van der Waals surface area (Å²) in [6.07, 6.45) is 3.28. The van der Waals surface area contributed by atoms with Crippen LogP contribution in [-0.2, 0) is 4.74 Å². The number of hydrogen-bond acceptors (Lipinski definition) is 9. The topological polar surface area (TPSA) is 119 Å². The summed E-state index contributed by atoms with van der Waals surface area (Å²) in [5.74, 6) is 0.299. The first kappa shape index (κ1) is 26.2. The van der Waals surface area contributed by atoms with E-state index < -0.39 is 5.82 Å². The smallest absolute Gasteiger partial charge is 0.231 e. The average molecular weight is 546 g/mol. The first-order valence-electron chi connectivity index (χ1n) is 13.6. The summed E-state index contributed by atoms with van der Waals surface area (Å²) in [6.45, 7) is 4.75. The SMILES string of the molecule is O=C(c1ccc(F)cc1)c1c[nH]c2nc(Nc3ccc(N4CCOCC4)cc3)nc(NC3CCN(CO)CC3)c12. The molecular formula is C29H32FN7O3. The molecule has 0 atom stereocenters. The van der Waals surface area contributed by atoms with Crippen molar-refractivity contribution < 1.29 is 19.0 Å². The molecule has 4 N–H and O–H groups in total. The largest absolute Gasteiger partial charge is 0.381 e. The Morgan fingerprint density at radius 1 is 1.02 bits per heavy atom. The van der Waals surface area contributed by atoms with Crippen molar-refractivity contribution in [1.29, 1.82) is 0 Å². The Morgan fingerprint density at radius 3 is 2.45 bits per heavy atom. The lowest BCUT2D eigenvalue weighted by atomic mass is 10.0. The summed E-state index contributed by atoms with van der Waals surface area (Å²) in [5, 5.41) is 16.9. The molecular weight excluding hydrogens is 513 g/mol. The van der Waals surface area contributed by atoms with Gasteiger partial charge in [0.1, 0.15) is 17.3 Å². The van der Waals surface area contributed by atoms with Gasteiger partial charge in [0.25, 0.3) is 0 Å². The number of carbonyl (C=O) groups is 1. The van der Waals surface area contributed by atoms with Crippen molar-refractivity contribution in [3.63, 3.8) is 0 Å². The van der Waals surface area contributed by atoms with Gasteiger partial charge < -0.3 is 30.4 Å². The van der Waals surface area contributed by atoms with Crippen molar-refractivity contribution in [2.24, 2.45) is 0 Å². The number of aromatic nitrogens is 3. The zero-order valence-electron chi connectivity index (χ0n) is 22.1. The number of likely N-dealkylation sites (tertiary alicyclic amines) is 1. The third-order valence-electron chi connectivity index (χ3n) is 7.51. The van der Waals surface area contributed by atoms with Crippen LogP contribution in [0.25, 0.3) is 11.0 Å². The molecule has 0 radical (unpaired) electrons. The van der Waals surface area contributed by atoms with Gasteiger partial charge in [-0.05, 0) is 61.4 Å². The van der Waals surface area contributed by atoms with E-state index in [2.05, 4.69) is 37.6 Å². The molecule has 2 saturated heterocycles. The molecule has 4 heterocycles. The fraction of sp³-hybridized carbons (Fsp3) is 0.345. The van der Waals surface area contributed by atoms with Crippen LogP contribution >= 0.6 is 0 Å². The maximum Gasteiger partial charge on any atom is 0.231 e. The summed E-state index contributed by atoms with van der Waals surface area (Å²) in [5.41, 5.74) is 3.29. The van der Waals surface area contributed by atoms with Crippen LogP contribution < -0.4 is 15.5 Å². The van der Waals surface area contributed by atoms with Crippen molar-refractivity contribution in [2.45, 2.75) is 18.9 Å². The number of rotatable bonds is 8. The summed E-state index contributed by atoms with van der Waals surface area (Å²) in [6, 6.07) is 13.7. The Hall–Kier alpha value is -4.06. The molecule has 10 nitrogen and oxygen atoms in total. The number of nitrogens with one attached hydrogen (secondary N) is 3. The number of ether oxygens (including phenoxy) is 1. The molecule has 4 aromatic rings. The second kappa shape index (κ2) is 11.6. The second-order valence-corrected chi connectivity index (χ2v) is 10.1. The van der Waals surface area contributed by atoms with E-state index in [9.17, 15) is 14.3 Å². The monoisotopic (exact) mass is 545 g/mol. The highest BCUT2D eigenvalue weighted by atomic mass is 19.1. The van der Waals surface area contributed by atoms with Gasteiger partial charge in [0, 0.05) is 55.4 Å². The van der Waals surface area contributed by atoms with Gasteiger partial charge in [-0.1, -0.05) is 0 Å². The number of piperidine rings is 1. The summed E-state index contributed by atoms with van der Waals surface area (Å²) >= 11 is 0. The molecule has 2 aliphatic heterocycles. The first-order valence-corrected chi connectivity index (χ1v) is 13.6. The first-order chi connectivity index (χ1) is 19.6. The molecule has 2 aliphatic rings. The minimum Gasteiger partial charge on any atom is -0.381 e. The van der Waals surface area contributed by atoms with Gasteiger partial charge in [-0.3, -0.25) is 9.69 Å². The normalized spacial score (nSPS) is 16.8. The summed E-state index contributed by atoms with van der Waals surface area (Å²) in [7, 11) is 0.